The molecule has 0 aliphatic heterocycles. The monoisotopic (exact) mass is 313 g/mol. The van der Waals surface area contributed by atoms with E-state index in [0.29, 0.717) is 12.0 Å². The van der Waals surface area contributed by atoms with E-state index in [1.54, 1.807) is 24.3 Å². The molecule has 5 heteroatoms. The molecule has 0 heterocycles. The van der Waals surface area contributed by atoms with Crippen molar-refractivity contribution in [3.05, 3.63) is 35.9 Å². The van der Waals surface area contributed by atoms with Crippen LogP contribution in [0, 0.1) is 5.41 Å². The van der Waals surface area contributed by atoms with Gasteiger partial charge in [-0.15, -0.1) is 0 Å². The lowest BCUT2D eigenvalue weighted by Crippen LogP contribution is -2.47. The standard InChI is InChI=1S/C16H27NO3S/c1-15(2,3)12-16(4,5)17-21(19,20)11-14(18)13-9-7-6-8-10-13/h6-10,14,17-18H,11-12H2,1-5H3. The van der Waals surface area contributed by atoms with Gasteiger partial charge in [0.05, 0.1) is 11.9 Å². The summed E-state index contributed by atoms with van der Waals surface area (Å²) in [5.74, 6) is -0.329. The highest BCUT2D eigenvalue weighted by atomic mass is 32.2. The molecule has 4 nitrogen and oxygen atoms in total. The van der Waals surface area contributed by atoms with Crippen molar-refractivity contribution < 1.29 is 13.5 Å². The number of benzene rings is 1. The van der Waals surface area contributed by atoms with E-state index < -0.39 is 21.7 Å². The molecule has 2 N–H and O–H groups in total. The Morgan fingerprint density at radius 3 is 2.10 bits per heavy atom. The van der Waals surface area contributed by atoms with Crippen molar-refractivity contribution in [3.63, 3.8) is 0 Å². The molecule has 120 valence electrons. The van der Waals surface area contributed by atoms with Crippen LogP contribution < -0.4 is 4.72 Å². The van der Waals surface area contributed by atoms with Gasteiger partial charge >= 0.3 is 0 Å². The van der Waals surface area contributed by atoms with Gasteiger partial charge in [0, 0.05) is 5.54 Å². The molecular weight excluding hydrogens is 286 g/mol. The molecule has 21 heavy (non-hydrogen) atoms. The van der Waals surface area contributed by atoms with Crippen LogP contribution in [0.4, 0.5) is 0 Å². The highest BCUT2D eigenvalue weighted by Gasteiger charge is 2.30. The maximum Gasteiger partial charge on any atom is 0.214 e. The summed E-state index contributed by atoms with van der Waals surface area (Å²) in [6.07, 6.45) is -0.310. The minimum absolute atomic E-state index is 0.0179. The van der Waals surface area contributed by atoms with Gasteiger partial charge in [0.1, 0.15) is 0 Å². The van der Waals surface area contributed by atoms with E-state index in [1.165, 1.54) is 0 Å². The second-order valence-electron chi connectivity index (χ2n) is 7.43. The lowest BCUT2D eigenvalue weighted by atomic mass is 9.82. The summed E-state index contributed by atoms with van der Waals surface area (Å²) >= 11 is 0. The zero-order valence-corrected chi connectivity index (χ0v) is 14.4. The molecule has 0 spiro atoms. The zero-order chi connectivity index (χ0) is 16.3. The van der Waals surface area contributed by atoms with Crippen LogP contribution in [0.3, 0.4) is 0 Å². The minimum atomic E-state index is -3.56. The topological polar surface area (TPSA) is 66.4 Å². The summed E-state index contributed by atoms with van der Waals surface area (Å²) in [5, 5.41) is 10.1. The van der Waals surface area contributed by atoms with Crippen molar-refractivity contribution in [2.75, 3.05) is 5.75 Å². The predicted octanol–water partition coefficient (Wildman–Crippen LogP) is 2.85. The summed E-state index contributed by atoms with van der Waals surface area (Å²) in [6.45, 7) is 9.95. The minimum Gasteiger partial charge on any atom is -0.387 e. The van der Waals surface area contributed by atoms with Crippen molar-refractivity contribution in [1.29, 1.82) is 0 Å². The van der Waals surface area contributed by atoms with Crippen LogP contribution in [0.15, 0.2) is 30.3 Å². The number of hydrogen-bond acceptors (Lipinski definition) is 3. The molecule has 0 aromatic heterocycles. The molecule has 1 atom stereocenters. The summed E-state index contributed by atoms with van der Waals surface area (Å²) in [7, 11) is -3.56. The van der Waals surface area contributed by atoms with Gasteiger partial charge in [0.25, 0.3) is 0 Å². The van der Waals surface area contributed by atoms with E-state index in [1.807, 2.05) is 19.9 Å². The molecular formula is C16H27NO3S. The van der Waals surface area contributed by atoms with Crippen LogP contribution in [0.1, 0.15) is 52.7 Å². The van der Waals surface area contributed by atoms with E-state index in [2.05, 4.69) is 25.5 Å². The molecule has 1 unspecified atom stereocenters. The van der Waals surface area contributed by atoms with E-state index in [-0.39, 0.29) is 11.2 Å². The summed E-state index contributed by atoms with van der Waals surface area (Å²) in [5.41, 5.74) is 0.0777. The Hall–Kier alpha value is -0.910. The fourth-order valence-corrected chi connectivity index (χ4v) is 4.41. The fraction of sp³-hybridized carbons (Fsp3) is 0.625. The Morgan fingerprint density at radius 2 is 1.62 bits per heavy atom. The maximum atomic E-state index is 12.2. The van der Waals surface area contributed by atoms with Crippen molar-refractivity contribution in [2.45, 2.75) is 52.7 Å². The van der Waals surface area contributed by atoms with Gasteiger partial charge in [0.2, 0.25) is 10.0 Å². The Kier molecular flexibility index (Phi) is 5.58. The number of aliphatic hydroxyl groups is 1. The summed E-state index contributed by atoms with van der Waals surface area (Å²) in [4.78, 5) is 0. The number of aliphatic hydroxyl groups excluding tert-OH is 1. The first-order valence-corrected chi connectivity index (χ1v) is 8.80. The van der Waals surface area contributed by atoms with E-state index in [4.69, 9.17) is 0 Å². The number of rotatable bonds is 6. The van der Waals surface area contributed by atoms with Gasteiger partial charge in [-0.25, -0.2) is 13.1 Å². The van der Waals surface area contributed by atoms with Gasteiger partial charge in [-0.3, -0.25) is 0 Å². The van der Waals surface area contributed by atoms with Crippen LogP contribution in [0.25, 0.3) is 0 Å². The van der Waals surface area contributed by atoms with Crippen LogP contribution in [-0.4, -0.2) is 24.8 Å². The van der Waals surface area contributed by atoms with Crippen LogP contribution in [0.2, 0.25) is 0 Å². The smallest absolute Gasteiger partial charge is 0.214 e. The number of nitrogens with one attached hydrogen (secondary N) is 1. The molecule has 0 saturated heterocycles. The molecule has 0 aliphatic carbocycles. The van der Waals surface area contributed by atoms with Crippen LogP contribution in [-0.2, 0) is 10.0 Å². The Bertz CT molecular complexity index is 545. The molecule has 0 fully saturated rings. The van der Waals surface area contributed by atoms with Gasteiger partial charge < -0.3 is 5.11 Å². The van der Waals surface area contributed by atoms with E-state index in [9.17, 15) is 13.5 Å². The van der Waals surface area contributed by atoms with Gasteiger partial charge in [0.15, 0.2) is 0 Å². The molecule has 0 aliphatic rings. The third-order valence-electron chi connectivity index (χ3n) is 2.97. The van der Waals surface area contributed by atoms with Gasteiger partial charge in [-0.05, 0) is 31.2 Å². The molecule has 1 aromatic rings. The number of sulfonamides is 1. The molecule has 0 radical (unpaired) electrons. The average molecular weight is 313 g/mol. The normalized spacial score (nSPS) is 15.0. The van der Waals surface area contributed by atoms with Crippen molar-refractivity contribution in [2.24, 2.45) is 5.41 Å². The zero-order valence-electron chi connectivity index (χ0n) is 13.6. The highest BCUT2D eigenvalue weighted by molar-refractivity contribution is 7.89. The summed E-state index contributed by atoms with van der Waals surface area (Å²) < 4.78 is 27.2. The maximum absolute atomic E-state index is 12.2. The third kappa shape index (κ3) is 7.07. The Labute approximate surface area is 128 Å². The molecule has 0 saturated carbocycles. The second kappa shape index (κ2) is 6.46. The lowest BCUT2D eigenvalue weighted by molar-refractivity contribution is 0.200. The predicted molar refractivity (Wildman–Crippen MR) is 86.5 cm³/mol. The number of hydrogen-bond donors (Lipinski definition) is 2. The Morgan fingerprint density at radius 1 is 1.10 bits per heavy atom. The van der Waals surface area contributed by atoms with Crippen LogP contribution >= 0.6 is 0 Å². The lowest BCUT2D eigenvalue weighted by Gasteiger charge is -2.33. The SMILES string of the molecule is CC(C)(C)CC(C)(C)NS(=O)(=O)CC(O)c1ccccc1. The van der Waals surface area contributed by atoms with Crippen molar-refractivity contribution in [3.8, 4) is 0 Å². The van der Waals surface area contributed by atoms with E-state index in [0.717, 1.165) is 0 Å². The molecule has 0 amide bonds. The quantitative estimate of drug-likeness (QED) is 0.848. The van der Waals surface area contributed by atoms with Gasteiger partial charge in [-0.1, -0.05) is 51.1 Å². The molecule has 1 aromatic carbocycles. The second-order valence-corrected chi connectivity index (χ2v) is 9.20. The first kappa shape index (κ1) is 18.1. The van der Waals surface area contributed by atoms with Crippen LogP contribution in [0.5, 0.6) is 0 Å². The van der Waals surface area contributed by atoms with Crippen molar-refractivity contribution >= 4 is 10.0 Å². The first-order chi connectivity index (χ1) is 9.40. The molecule has 1 rings (SSSR count). The Balaban J connectivity index is 2.74. The largest absolute Gasteiger partial charge is 0.387 e. The first-order valence-electron chi connectivity index (χ1n) is 7.15. The summed E-state index contributed by atoms with van der Waals surface area (Å²) in [6, 6.07) is 8.83. The molecule has 0 bridgehead atoms. The van der Waals surface area contributed by atoms with Gasteiger partial charge in [-0.2, -0.15) is 0 Å². The average Bonchev–Trinajstić information content (AvgIpc) is 2.24. The van der Waals surface area contributed by atoms with Crippen molar-refractivity contribution in [1.82, 2.24) is 4.72 Å². The fourth-order valence-electron chi connectivity index (χ4n) is 2.80. The third-order valence-corrected chi connectivity index (χ3v) is 4.58. The van der Waals surface area contributed by atoms with E-state index >= 15 is 0 Å². The highest BCUT2D eigenvalue weighted by Crippen LogP contribution is 2.27.